The van der Waals surface area contributed by atoms with Crippen molar-refractivity contribution in [2.75, 3.05) is 19.6 Å². The van der Waals surface area contributed by atoms with E-state index in [1.54, 1.807) is 12.4 Å². The fourth-order valence-electron chi connectivity index (χ4n) is 3.35. The summed E-state index contributed by atoms with van der Waals surface area (Å²) < 4.78 is 0. The Hall–Kier alpha value is -2.67. The third-order valence-corrected chi connectivity index (χ3v) is 4.92. The van der Waals surface area contributed by atoms with Crippen molar-refractivity contribution in [1.82, 2.24) is 25.5 Å². The van der Waals surface area contributed by atoms with Crippen molar-refractivity contribution >= 4 is 11.8 Å². The molecule has 0 aliphatic carbocycles. The van der Waals surface area contributed by atoms with Crippen LogP contribution >= 0.6 is 0 Å². The van der Waals surface area contributed by atoms with Crippen LogP contribution in [0, 0.1) is 6.92 Å². The lowest BCUT2D eigenvalue weighted by Gasteiger charge is -2.35. The summed E-state index contributed by atoms with van der Waals surface area (Å²) in [5.74, 6) is 0.757. The molecule has 27 heavy (non-hydrogen) atoms. The fourth-order valence-corrected chi connectivity index (χ4v) is 3.35. The van der Waals surface area contributed by atoms with E-state index in [9.17, 15) is 9.59 Å². The molecule has 1 aromatic heterocycles. The first kappa shape index (κ1) is 19.1. The van der Waals surface area contributed by atoms with Crippen LogP contribution in [0.1, 0.15) is 29.8 Å². The minimum Gasteiger partial charge on any atom is -0.356 e. The van der Waals surface area contributed by atoms with E-state index in [4.69, 9.17) is 0 Å². The minimum atomic E-state index is -0.427. The molecule has 3 N–H and O–H groups in total. The van der Waals surface area contributed by atoms with Crippen molar-refractivity contribution < 1.29 is 9.59 Å². The number of carbonyl (C=O) groups excluding carboxylic acids is 2. The van der Waals surface area contributed by atoms with Gasteiger partial charge in [0.25, 0.3) is 0 Å². The van der Waals surface area contributed by atoms with Gasteiger partial charge >= 0.3 is 0 Å². The number of imidazole rings is 1. The molecule has 1 unspecified atom stereocenters. The molecule has 1 aliphatic heterocycles. The van der Waals surface area contributed by atoms with Gasteiger partial charge in [0.1, 0.15) is 5.82 Å². The van der Waals surface area contributed by atoms with E-state index >= 15 is 0 Å². The van der Waals surface area contributed by atoms with E-state index < -0.39 is 6.04 Å². The predicted octanol–water partition coefficient (Wildman–Crippen LogP) is 1.16. The summed E-state index contributed by atoms with van der Waals surface area (Å²) in [5, 5.41) is 5.80. The predicted molar refractivity (Wildman–Crippen MR) is 103 cm³/mol. The Morgan fingerprint density at radius 3 is 3.00 bits per heavy atom. The van der Waals surface area contributed by atoms with Gasteiger partial charge in [-0.1, -0.05) is 24.3 Å². The first-order valence-electron chi connectivity index (χ1n) is 9.44. The average molecular weight is 369 g/mol. The number of piperazine rings is 1. The highest BCUT2D eigenvalue weighted by molar-refractivity contribution is 5.88. The molecule has 1 aliphatic rings. The van der Waals surface area contributed by atoms with E-state index in [2.05, 4.69) is 44.6 Å². The summed E-state index contributed by atoms with van der Waals surface area (Å²) in [5.41, 5.74) is 2.39. The molecule has 1 fully saturated rings. The van der Waals surface area contributed by atoms with Gasteiger partial charge in [-0.15, -0.1) is 0 Å². The topological polar surface area (TPSA) is 90.1 Å². The van der Waals surface area contributed by atoms with Gasteiger partial charge < -0.3 is 15.6 Å². The molecule has 144 valence electrons. The van der Waals surface area contributed by atoms with Gasteiger partial charge in [-0.05, 0) is 24.5 Å². The van der Waals surface area contributed by atoms with Crippen LogP contribution in [0.5, 0.6) is 0 Å². The van der Waals surface area contributed by atoms with Gasteiger partial charge in [0.15, 0.2) is 0 Å². The number of rotatable bonds is 8. The van der Waals surface area contributed by atoms with E-state index in [-0.39, 0.29) is 18.2 Å². The number of aromatic nitrogens is 2. The van der Waals surface area contributed by atoms with Gasteiger partial charge in [-0.3, -0.25) is 14.5 Å². The number of H-pyrrole nitrogens is 1. The summed E-state index contributed by atoms with van der Waals surface area (Å²) in [7, 11) is 0. The summed E-state index contributed by atoms with van der Waals surface area (Å²) >= 11 is 0. The summed E-state index contributed by atoms with van der Waals surface area (Å²) in [6.07, 6.45) is 5.29. The Bertz CT molecular complexity index is 759. The summed E-state index contributed by atoms with van der Waals surface area (Å²) in [6.45, 7) is 4.69. The zero-order valence-electron chi connectivity index (χ0n) is 15.7. The molecule has 2 amide bonds. The van der Waals surface area contributed by atoms with E-state index in [1.165, 1.54) is 11.1 Å². The van der Waals surface area contributed by atoms with Crippen LogP contribution in [-0.4, -0.2) is 52.4 Å². The molecule has 1 saturated heterocycles. The molecule has 1 atom stereocenters. The fraction of sp³-hybridized carbons (Fsp3) is 0.450. The van der Waals surface area contributed by atoms with Crippen molar-refractivity contribution in [3.63, 3.8) is 0 Å². The van der Waals surface area contributed by atoms with Gasteiger partial charge in [-0.25, -0.2) is 4.98 Å². The Balaban J connectivity index is 1.51. The largest absolute Gasteiger partial charge is 0.356 e. The van der Waals surface area contributed by atoms with Gasteiger partial charge in [0.05, 0.1) is 12.5 Å². The molecular formula is C20H27N5O2. The van der Waals surface area contributed by atoms with E-state index in [1.807, 2.05) is 12.1 Å². The lowest BCUT2D eigenvalue weighted by atomic mass is 10.0. The van der Waals surface area contributed by atoms with Crippen LogP contribution in [0.4, 0.5) is 0 Å². The number of nitrogens with one attached hydrogen (secondary N) is 3. The highest BCUT2D eigenvalue weighted by Gasteiger charge is 2.31. The number of aryl methyl sites for hydroxylation is 2. The van der Waals surface area contributed by atoms with Crippen molar-refractivity contribution in [1.29, 1.82) is 0 Å². The first-order chi connectivity index (χ1) is 13.1. The second-order valence-corrected chi connectivity index (χ2v) is 6.90. The van der Waals surface area contributed by atoms with Gasteiger partial charge in [-0.2, -0.15) is 0 Å². The molecule has 0 spiro atoms. The third-order valence-electron chi connectivity index (χ3n) is 4.92. The van der Waals surface area contributed by atoms with Crippen molar-refractivity contribution in [3.8, 4) is 0 Å². The second kappa shape index (κ2) is 9.32. The number of benzene rings is 1. The maximum atomic E-state index is 12.4. The average Bonchev–Trinajstić information content (AvgIpc) is 3.17. The second-order valence-electron chi connectivity index (χ2n) is 6.90. The third kappa shape index (κ3) is 5.40. The zero-order valence-corrected chi connectivity index (χ0v) is 15.7. The number of carbonyl (C=O) groups is 2. The van der Waals surface area contributed by atoms with Crippen LogP contribution in [0.3, 0.4) is 0 Å². The number of nitrogens with zero attached hydrogens (tertiary/aromatic N) is 2. The molecule has 3 rings (SSSR count). The number of amides is 2. The Labute approximate surface area is 159 Å². The molecule has 1 aromatic carbocycles. The maximum absolute atomic E-state index is 12.4. The molecule has 2 heterocycles. The van der Waals surface area contributed by atoms with E-state index in [0.29, 0.717) is 19.6 Å². The van der Waals surface area contributed by atoms with Gasteiger partial charge in [0.2, 0.25) is 11.8 Å². The highest BCUT2D eigenvalue weighted by Crippen LogP contribution is 2.16. The Morgan fingerprint density at radius 1 is 1.37 bits per heavy atom. The van der Waals surface area contributed by atoms with Crippen LogP contribution in [-0.2, 0) is 22.6 Å². The van der Waals surface area contributed by atoms with Crippen molar-refractivity contribution in [3.05, 3.63) is 53.6 Å². The standard InChI is InChI=1S/C20H27N5O2/c1-15-5-2-3-6-16(15)14-25-12-11-24-20(27)17(25)13-19(26)23-8-4-7-18-21-9-10-22-18/h2-3,5-6,9-10,17H,4,7-8,11-14H2,1H3,(H,21,22)(H,23,26)(H,24,27). The SMILES string of the molecule is Cc1ccccc1CN1CCNC(=O)C1CC(=O)NCCCc1ncc[nH]1. The Morgan fingerprint density at radius 2 is 2.22 bits per heavy atom. The van der Waals surface area contributed by atoms with Crippen molar-refractivity contribution in [2.24, 2.45) is 0 Å². The first-order valence-corrected chi connectivity index (χ1v) is 9.44. The lowest BCUT2D eigenvalue weighted by molar-refractivity contribution is -0.134. The highest BCUT2D eigenvalue weighted by atomic mass is 16.2. The molecule has 7 nitrogen and oxygen atoms in total. The minimum absolute atomic E-state index is 0.0689. The number of aromatic amines is 1. The molecule has 0 bridgehead atoms. The van der Waals surface area contributed by atoms with Crippen molar-refractivity contribution in [2.45, 2.75) is 38.8 Å². The normalized spacial score (nSPS) is 17.5. The van der Waals surface area contributed by atoms with E-state index in [0.717, 1.165) is 25.2 Å². The number of hydrogen-bond acceptors (Lipinski definition) is 4. The smallest absolute Gasteiger partial charge is 0.237 e. The maximum Gasteiger partial charge on any atom is 0.237 e. The lowest BCUT2D eigenvalue weighted by Crippen LogP contribution is -2.56. The summed E-state index contributed by atoms with van der Waals surface area (Å²) in [4.78, 5) is 34.0. The molecule has 0 saturated carbocycles. The van der Waals surface area contributed by atoms with Crippen LogP contribution in [0.2, 0.25) is 0 Å². The molecule has 2 aromatic rings. The van der Waals surface area contributed by atoms with Crippen LogP contribution in [0.25, 0.3) is 0 Å². The van der Waals surface area contributed by atoms with Crippen LogP contribution in [0.15, 0.2) is 36.7 Å². The zero-order chi connectivity index (χ0) is 19.1. The molecular weight excluding hydrogens is 342 g/mol. The quantitative estimate of drug-likeness (QED) is 0.609. The Kier molecular flexibility index (Phi) is 6.59. The summed E-state index contributed by atoms with van der Waals surface area (Å²) in [6, 6.07) is 7.74. The molecule has 0 radical (unpaired) electrons. The number of hydrogen-bond donors (Lipinski definition) is 3. The molecule has 7 heteroatoms. The monoisotopic (exact) mass is 369 g/mol. The van der Waals surface area contributed by atoms with Crippen LogP contribution < -0.4 is 10.6 Å². The van der Waals surface area contributed by atoms with Gasteiger partial charge in [0, 0.05) is 45.0 Å².